The van der Waals surface area contributed by atoms with E-state index < -0.39 is 67.9 Å². The zero-order valence-corrected chi connectivity index (χ0v) is 27.8. The van der Waals surface area contributed by atoms with Crippen molar-refractivity contribution in [3.05, 3.63) is 33.6 Å². The van der Waals surface area contributed by atoms with Crippen LogP contribution in [0.15, 0.2) is 28.8 Å². The summed E-state index contributed by atoms with van der Waals surface area (Å²) in [5, 5.41) is 17.6. The summed E-state index contributed by atoms with van der Waals surface area (Å²) < 4.78 is 68.9. The Morgan fingerprint density at radius 2 is 1.85 bits per heavy atom. The van der Waals surface area contributed by atoms with Crippen LogP contribution >= 0.6 is 34.7 Å². The molecule has 0 radical (unpaired) electrons. The van der Waals surface area contributed by atoms with E-state index in [1.54, 1.807) is 20.8 Å². The fraction of sp³-hybridized carbons (Fsp3) is 0.520. The van der Waals surface area contributed by atoms with Gasteiger partial charge < -0.3 is 24.2 Å². The third kappa shape index (κ3) is 8.49. The number of nitrogens with zero attached hydrogens (tertiary/aromatic N) is 3. The first kappa shape index (κ1) is 36.3. The van der Waals surface area contributed by atoms with Gasteiger partial charge in [-0.3, -0.25) is 19.8 Å². The Morgan fingerprint density at radius 3 is 2.45 bits per heavy atom. The molecule has 1 saturated heterocycles. The molecule has 0 spiro atoms. The maximum absolute atomic E-state index is 13.5. The molecule has 1 saturated carbocycles. The van der Waals surface area contributed by atoms with Gasteiger partial charge >= 0.3 is 27.7 Å². The van der Waals surface area contributed by atoms with Gasteiger partial charge in [0.1, 0.15) is 45.1 Å². The van der Waals surface area contributed by atoms with Gasteiger partial charge in [0.2, 0.25) is 0 Å². The van der Waals surface area contributed by atoms with Crippen LogP contribution < -0.4 is 10.6 Å². The van der Waals surface area contributed by atoms with Crippen LogP contribution in [0.1, 0.15) is 52.1 Å². The molecule has 2 aliphatic heterocycles. The number of allylic oxidation sites excluding steroid dienone is 1. The molecule has 47 heavy (non-hydrogen) atoms. The number of hydrogen-bond donors (Lipinski definition) is 3. The number of rotatable bonds is 10. The molecule has 1 aromatic heterocycles. The molecule has 258 valence electrons. The summed E-state index contributed by atoms with van der Waals surface area (Å²) in [4.78, 5) is 61.5. The number of ether oxygens (including phenoxy) is 1. The molecule has 2 fully saturated rings. The van der Waals surface area contributed by atoms with Gasteiger partial charge in [-0.05, 0) is 58.1 Å². The number of aliphatic carboxylic acids is 1. The highest BCUT2D eigenvalue weighted by atomic mass is 35.5. The van der Waals surface area contributed by atoms with Gasteiger partial charge in [0, 0.05) is 5.75 Å². The van der Waals surface area contributed by atoms with E-state index >= 15 is 0 Å². The van der Waals surface area contributed by atoms with Crippen molar-refractivity contribution in [3.63, 3.8) is 0 Å². The largest absolute Gasteiger partial charge is 0.534 e. The van der Waals surface area contributed by atoms with Crippen LogP contribution in [0.2, 0.25) is 4.34 Å². The minimum Gasteiger partial charge on any atom is -0.477 e. The molecule has 0 bridgehead atoms. The molecule has 1 aliphatic carbocycles. The number of carboxylic acids is 1. The number of thiazole rings is 1. The maximum Gasteiger partial charge on any atom is 0.534 e. The predicted molar refractivity (Wildman–Crippen MR) is 162 cm³/mol. The second-order valence-electron chi connectivity index (χ2n) is 11.1. The molecule has 22 heteroatoms. The van der Waals surface area contributed by atoms with Crippen LogP contribution in [0.25, 0.3) is 0 Å². The van der Waals surface area contributed by atoms with E-state index in [1.165, 1.54) is 0 Å². The first-order chi connectivity index (χ1) is 21.8. The van der Waals surface area contributed by atoms with Crippen molar-refractivity contribution in [2.24, 2.45) is 5.16 Å². The lowest BCUT2D eigenvalue weighted by atomic mass is 10.0. The number of carbonyl (C=O) groups is 4. The average Bonchev–Trinajstić information content (AvgIpc) is 3.59. The number of fused-ring (bicyclic) bond motifs is 1. The summed E-state index contributed by atoms with van der Waals surface area (Å²) in [5.41, 5.74) is -8.00. The van der Waals surface area contributed by atoms with Crippen LogP contribution in [-0.2, 0) is 38.3 Å². The number of halogens is 4. The predicted octanol–water partition coefficient (Wildman–Crippen LogP) is 3.93. The minimum atomic E-state index is -5.99. The minimum absolute atomic E-state index is 0.0295. The molecule has 2 atom stereocenters. The van der Waals surface area contributed by atoms with Crippen LogP contribution in [0.3, 0.4) is 0 Å². The number of anilines is 1. The Bertz CT molecular complexity index is 1650. The Morgan fingerprint density at radius 1 is 1.19 bits per heavy atom. The zero-order chi connectivity index (χ0) is 34.9. The standard InChI is InChI=1S/C25H27ClF3N5O10S3/c1-24(2,3)43-23(39)32-22-31-13(17(26)46-22)14(33-44-12-6-4-5-7-12)18(35)30-15-19(36)34-16(21(37)38)11(10-45-20(15)34)8-9-42-47(40,41)25(27,28)29/h8-9,12,15,20H,4-7,10H2,1-3H3,(H,30,35)(H,37,38)(H,31,32,39)/b9-8+,33-14?. The Balaban J connectivity index is 1.54. The van der Waals surface area contributed by atoms with Crippen molar-refractivity contribution in [2.75, 3.05) is 11.1 Å². The summed E-state index contributed by atoms with van der Waals surface area (Å²) in [7, 11) is -5.99. The van der Waals surface area contributed by atoms with Crippen molar-refractivity contribution in [3.8, 4) is 0 Å². The molecular formula is C25H27ClF3N5O10S3. The number of hydrogen-bond acceptors (Lipinski definition) is 13. The summed E-state index contributed by atoms with van der Waals surface area (Å²) in [5.74, 6) is -3.71. The number of thioether (sulfide) groups is 1. The van der Waals surface area contributed by atoms with E-state index in [1.807, 2.05) is 0 Å². The molecule has 3 amide bonds. The molecule has 3 N–H and O–H groups in total. The number of carbonyl (C=O) groups excluding carboxylic acids is 3. The van der Waals surface area contributed by atoms with Crippen LogP contribution in [0, 0.1) is 0 Å². The fourth-order valence-electron chi connectivity index (χ4n) is 4.42. The van der Waals surface area contributed by atoms with Crippen molar-refractivity contribution in [2.45, 2.75) is 75.1 Å². The smallest absolute Gasteiger partial charge is 0.477 e. The molecular weight excluding hydrogens is 719 g/mol. The first-order valence-electron chi connectivity index (χ1n) is 13.6. The third-order valence-electron chi connectivity index (χ3n) is 6.45. The van der Waals surface area contributed by atoms with E-state index in [0.717, 1.165) is 40.8 Å². The van der Waals surface area contributed by atoms with Gasteiger partial charge in [-0.2, -0.15) is 21.6 Å². The van der Waals surface area contributed by atoms with E-state index in [4.69, 9.17) is 21.2 Å². The molecule has 4 rings (SSSR count). The Labute approximate surface area is 278 Å². The molecule has 3 heterocycles. The summed E-state index contributed by atoms with van der Waals surface area (Å²) in [6, 6.07) is -1.29. The monoisotopic (exact) mass is 745 g/mol. The molecule has 0 aromatic carbocycles. The molecule has 3 aliphatic rings. The van der Waals surface area contributed by atoms with Crippen molar-refractivity contribution in [1.82, 2.24) is 15.2 Å². The van der Waals surface area contributed by atoms with Crippen LogP contribution in [-0.4, -0.2) is 87.4 Å². The highest BCUT2D eigenvalue weighted by molar-refractivity contribution is 8.00. The number of carboxylic acid groups (broad SMARTS) is 1. The average molecular weight is 746 g/mol. The Kier molecular flexibility index (Phi) is 10.7. The third-order valence-corrected chi connectivity index (χ3v) is 9.85. The number of amides is 3. The number of oxime groups is 1. The molecule has 1 aromatic rings. The zero-order valence-electron chi connectivity index (χ0n) is 24.6. The molecule has 15 nitrogen and oxygen atoms in total. The number of aromatic nitrogens is 1. The van der Waals surface area contributed by atoms with Crippen molar-refractivity contribution in [1.29, 1.82) is 0 Å². The van der Waals surface area contributed by atoms with Gasteiger partial charge in [0.05, 0.1) is 0 Å². The SMILES string of the molecule is CC(C)(C)OC(=O)Nc1nc(C(=NOC2CCCC2)C(=O)NC2C(=O)N3C(C(=O)O)=C(/C=C/OS(=O)(=O)C(F)(F)F)CSC23)c(Cl)s1. The number of β-lactam (4-membered cyclic amide) rings is 1. The van der Waals surface area contributed by atoms with E-state index in [-0.39, 0.29) is 38.9 Å². The van der Waals surface area contributed by atoms with Gasteiger partial charge in [-0.15, -0.1) is 11.8 Å². The van der Waals surface area contributed by atoms with Crippen LogP contribution in [0.5, 0.6) is 0 Å². The lowest BCUT2D eigenvalue weighted by molar-refractivity contribution is -0.150. The lowest BCUT2D eigenvalue weighted by Gasteiger charge is -2.49. The summed E-state index contributed by atoms with van der Waals surface area (Å²) >= 11 is 8.10. The van der Waals surface area contributed by atoms with E-state index in [0.29, 0.717) is 18.9 Å². The summed E-state index contributed by atoms with van der Waals surface area (Å²) in [6.45, 7) is 4.96. The highest BCUT2D eigenvalue weighted by Crippen LogP contribution is 2.41. The van der Waals surface area contributed by atoms with E-state index in [2.05, 4.69) is 25.0 Å². The van der Waals surface area contributed by atoms with Crippen LogP contribution in [0.4, 0.5) is 23.1 Å². The maximum atomic E-state index is 13.5. The van der Waals surface area contributed by atoms with Gasteiger partial charge in [-0.1, -0.05) is 28.1 Å². The second kappa shape index (κ2) is 13.9. The van der Waals surface area contributed by atoms with Gasteiger partial charge in [0.25, 0.3) is 11.8 Å². The topological polar surface area (TPSA) is 203 Å². The normalized spacial score (nSPS) is 21.0. The quantitative estimate of drug-likeness (QED) is 0.0779. The first-order valence-corrected chi connectivity index (χ1v) is 17.2. The lowest BCUT2D eigenvalue weighted by Crippen LogP contribution is -2.71. The number of nitrogens with one attached hydrogen (secondary N) is 2. The van der Waals surface area contributed by atoms with Crippen molar-refractivity contribution < 1.29 is 59.6 Å². The summed E-state index contributed by atoms with van der Waals surface area (Å²) in [6.07, 6.45) is 2.84. The highest BCUT2D eigenvalue weighted by Gasteiger charge is 2.54. The van der Waals surface area contributed by atoms with E-state index in [9.17, 15) is 45.9 Å². The second-order valence-corrected chi connectivity index (χ2v) is 15.3. The number of alkyl halides is 3. The van der Waals surface area contributed by atoms with Gasteiger partial charge in [-0.25, -0.2) is 14.6 Å². The Hall–Kier alpha value is -3.56. The molecule has 2 unspecified atom stereocenters. The van der Waals surface area contributed by atoms with Crippen molar-refractivity contribution >= 4 is 79.5 Å². The van der Waals surface area contributed by atoms with Gasteiger partial charge in [0.15, 0.2) is 10.8 Å². The fourth-order valence-corrected chi connectivity index (χ4v) is 7.08.